The van der Waals surface area contributed by atoms with Crippen molar-refractivity contribution in [2.45, 2.75) is 57.7 Å². The summed E-state index contributed by atoms with van der Waals surface area (Å²) in [7, 11) is 0. The smallest absolute Gasteiger partial charge is 0.0622 e. The van der Waals surface area contributed by atoms with Crippen LogP contribution < -0.4 is 5.73 Å². The molecule has 1 saturated carbocycles. The van der Waals surface area contributed by atoms with Gasteiger partial charge in [0.15, 0.2) is 0 Å². The van der Waals surface area contributed by atoms with Crippen LogP contribution in [0.5, 0.6) is 0 Å². The fraction of sp³-hybridized carbons (Fsp3) is 1.00. The van der Waals surface area contributed by atoms with Gasteiger partial charge in [0.2, 0.25) is 0 Å². The maximum Gasteiger partial charge on any atom is 0.0622 e. The summed E-state index contributed by atoms with van der Waals surface area (Å²) >= 11 is 0. The van der Waals surface area contributed by atoms with E-state index in [4.69, 9.17) is 15.2 Å². The van der Waals surface area contributed by atoms with E-state index in [-0.39, 0.29) is 0 Å². The van der Waals surface area contributed by atoms with Crippen molar-refractivity contribution in [3.8, 4) is 0 Å². The molecule has 0 aromatic rings. The minimum atomic E-state index is 0.404. The van der Waals surface area contributed by atoms with E-state index < -0.39 is 0 Å². The van der Waals surface area contributed by atoms with Gasteiger partial charge in [0.1, 0.15) is 0 Å². The third-order valence-electron chi connectivity index (χ3n) is 4.45. The van der Waals surface area contributed by atoms with Gasteiger partial charge in [-0.25, -0.2) is 0 Å². The summed E-state index contributed by atoms with van der Waals surface area (Å²) in [6.45, 7) is 4.80. The largest absolute Gasteiger partial charge is 0.381 e. The van der Waals surface area contributed by atoms with E-state index in [1.807, 2.05) is 0 Å². The summed E-state index contributed by atoms with van der Waals surface area (Å²) in [5.74, 6) is 1.43. The first-order valence-electron chi connectivity index (χ1n) is 7.26. The standard InChI is InChI=1S/C14H27NO2/c1-2-11-3-4-12(10-15)14(9-11)17-13-5-7-16-8-6-13/h11-14H,2-10,15H2,1H3. The van der Waals surface area contributed by atoms with Crippen molar-refractivity contribution in [1.82, 2.24) is 0 Å². The van der Waals surface area contributed by atoms with Gasteiger partial charge in [0, 0.05) is 13.2 Å². The van der Waals surface area contributed by atoms with Crippen LogP contribution in [0.15, 0.2) is 0 Å². The maximum atomic E-state index is 6.31. The Kier molecular flexibility index (Phi) is 5.26. The van der Waals surface area contributed by atoms with Crippen LogP contribution >= 0.6 is 0 Å². The van der Waals surface area contributed by atoms with Crippen LogP contribution in [0.25, 0.3) is 0 Å². The summed E-state index contributed by atoms with van der Waals surface area (Å²) in [5, 5.41) is 0. The van der Waals surface area contributed by atoms with E-state index in [1.165, 1.54) is 25.7 Å². The lowest BCUT2D eigenvalue weighted by molar-refractivity contribution is -0.103. The van der Waals surface area contributed by atoms with Gasteiger partial charge in [-0.3, -0.25) is 0 Å². The molecule has 3 unspecified atom stereocenters. The predicted molar refractivity (Wildman–Crippen MR) is 68.9 cm³/mol. The molecule has 3 heteroatoms. The quantitative estimate of drug-likeness (QED) is 0.821. The zero-order valence-corrected chi connectivity index (χ0v) is 11.1. The van der Waals surface area contributed by atoms with Crippen LogP contribution in [0.3, 0.4) is 0 Å². The molecule has 2 aliphatic rings. The fourth-order valence-corrected chi connectivity index (χ4v) is 3.14. The van der Waals surface area contributed by atoms with E-state index in [0.717, 1.165) is 38.5 Å². The summed E-state index contributed by atoms with van der Waals surface area (Å²) < 4.78 is 11.7. The normalized spacial score (nSPS) is 36.0. The van der Waals surface area contributed by atoms with Crippen LogP contribution in [0.2, 0.25) is 0 Å². The summed E-state index contributed by atoms with van der Waals surface area (Å²) in [6.07, 6.45) is 8.03. The van der Waals surface area contributed by atoms with Crippen LogP contribution in [0, 0.1) is 11.8 Å². The molecule has 1 saturated heterocycles. The molecule has 1 aliphatic carbocycles. The molecule has 100 valence electrons. The Labute approximate surface area is 105 Å². The van der Waals surface area contributed by atoms with Gasteiger partial charge in [0.25, 0.3) is 0 Å². The molecule has 17 heavy (non-hydrogen) atoms. The zero-order chi connectivity index (χ0) is 12.1. The minimum absolute atomic E-state index is 0.404. The Bertz CT molecular complexity index is 216. The molecule has 0 aromatic carbocycles. The highest BCUT2D eigenvalue weighted by Crippen LogP contribution is 2.33. The molecular formula is C14H27NO2. The van der Waals surface area contributed by atoms with Gasteiger partial charge in [0.05, 0.1) is 12.2 Å². The molecule has 0 amide bonds. The monoisotopic (exact) mass is 241 g/mol. The second-order valence-corrected chi connectivity index (χ2v) is 5.57. The Morgan fingerprint density at radius 1 is 1.18 bits per heavy atom. The first-order valence-corrected chi connectivity index (χ1v) is 7.26. The van der Waals surface area contributed by atoms with Crippen molar-refractivity contribution >= 4 is 0 Å². The predicted octanol–water partition coefficient (Wildman–Crippen LogP) is 2.34. The third kappa shape index (κ3) is 3.67. The molecule has 2 fully saturated rings. The van der Waals surface area contributed by atoms with E-state index in [1.54, 1.807) is 0 Å². The second-order valence-electron chi connectivity index (χ2n) is 5.57. The number of hydrogen-bond acceptors (Lipinski definition) is 3. The second kappa shape index (κ2) is 6.72. The molecule has 1 heterocycles. The molecule has 3 nitrogen and oxygen atoms in total. The Morgan fingerprint density at radius 3 is 2.59 bits per heavy atom. The number of rotatable bonds is 4. The van der Waals surface area contributed by atoms with Gasteiger partial charge < -0.3 is 15.2 Å². The topological polar surface area (TPSA) is 44.5 Å². The summed E-state index contributed by atoms with van der Waals surface area (Å²) in [6, 6.07) is 0. The Hall–Kier alpha value is -0.120. The van der Waals surface area contributed by atoms with Crippen LogP contribution in [-0.4, -0.2) is 32.0 Å². The van der Waals surface area contributed by atoms with E-state index >= 15 is 0 Å². The number of hydrogen-bond donors (Lipinski definition) is 1. The summed E-state index contributed by atoms with van der Waals surface area (Å²) in [5.41, 5.74) is 5.88. The highest BCUT2D eigenvalue weighted by atomic mass is 16.5. The van der Waals surface area contributed by atoms with Gasteiger partial charge in [-0.1, -0.05) is 13.3 Å². The average molecular weight is 241 g/mol. The van der Waals surface area contributed by atoms with Crippen molar-refractivity contribution in [2.24, 2.45) is 17.6 Å². The first kappa shape index (κ1) is 13.3. The molecule has 0 aromatic heterocycles. The van der Waals surface area contributed by atoms with Crippen molar-refractivity contribution in [3.63, 3.8) is 0 Å². The highest BCUT2D eigenvalue weighted by molar-refractivity contribution is 4.82. The van der Waals surface area contributed by atoms with Gasteiger partial charge in [-0.2, -0.15) is 0 Å². The molecule has 0 spiro atoms. The molecule has 3 atom stereocenters. The average Bonchev–Trinajstić information content (AvgIpc) is 2.40. The minimum Gasteiger partial charge on any atom is -0.381 e. The van der Waals surface area contributed by atoms with Crippen molar-refractivity contribution in [3.05, 3.63) is 0 Å². The van der Waals surface area contributed by atoms with Gasteiger partial charge in [-0.15, -0.1) is 0 Å². The maximum absolute atomic E-state index is 6.31. The molecule has 2 rings (SSSR count). The lowest BCUT2D eigenvalue weighted by atomic mass is 9.78. The van der Waals surface area contributed by atoms with Crippen molar-refractivity contribution in [1.29, 1.82) is 0 Å². The van der Waals surface area contributed by atoms with Crippen LogP contribution in [-0.2, 0) is 9.47 Å². The van der Waals surface area contributed by atoms with Crippen LogP contribution in [0.4, 0.5) is 0 Å². The van der Waals surface area contributed by atoms with Crippen LogP contribution in [0.1, 0.15) is 45.4 Å². The zero-order valence-electron chi connectivity index (χ0n) is 11.1. The first-order chi connectivity index (χ1) is 8.33. The van der Waals surface area contributed by atoms with Crippen molar-refractivity contribution in [2.75, 3.05) is 19.8 Å². The Morgan fingerprint density at radius 2 is 1.94 bits per heavy atom. The lowest BCUT2D eigenvalue weighted by Crippen LogP contribution is -2.39. The van der Waals surface area contributed by atoms with E-state index in [2.05, 4.69) is 6.92 Å². The Balaban J connectivity index is 1.85. The van der Waals surface area contributed by atoms with Gasteiger partial charge in [-0.05, 0) is 50.5 Å². The van der Waals surface area contributed by atoms with Gasteiger partial charge >= 0.3 is 0 Å². The van der Waals surface area contributed by atoms with Crippen molar-refractivity contribution < 1.29 is 9.47 Å². The molecule has 0 bridgehead atoms. The van der Waals surface area contributed by atoms with E-state index in [9.17, 15) is 0 Å². The molecular weight excluding hydrogens is 214 g/mol. The lowest BCUT2D eigenvalue weighted by Gasteiger charge is -2.38. The molecule has 1 aliphatic heterocycles. The summed E-state index contributed by atoms with van der Waals surface area (Å²) in [4.78, 5) is 0. The molecule has 0 radical (unpaired) electrons. The third-order valence-corrected chi connectivity index (χ3v) is 4.45. The fourth-order valence-electron chi connectivity index (χ4n) is 3.14. The number of nitrogens with two attached hydrogens (primary N) is 1. The van der Waals surface area contributed by atoms with E-state index in [0.29, 0.717) is 18.1 Å². The number of ether oxygens (including phenoxy) is 2. The molecule has 2 N–H and O–H groups in total. The SMILES string of the molecule is CCC1CCC(CN)C(OC2CCOCC2)C1. The highest BCUT2D eigenvalue weighted by Gasteiger charge is 2.31.